The van der Waals surface area contributed by atoms with Gasteiger partial charge in [0.1, 0.15) is 0 Å². The smallest absolute Gasteiger partial charge is 0.223 e. The van der Waals surface area contributed by atoms with Crippen LogP contribution in [0.5, 0.6) is 0 Å². The lowest BCUT2D eigenvalue weighted by molar-refractivity contribution is -0.131. The molecule has 1 amide bonds. The molecule has 0 bridgehead atoms. The number of hydrogen-bond donors (Lipinski definition) is 0. The van der Waals surface area contributed by atoms with Gasteiger partial charge in [-0.05, 0) is 61.1 Å². The van der Waals surface area contributed by atoms with Gasteiger partial charge in [0.15, 0.2) is 5.78 Å². The first-order valence-electron chi connectivity index (χ1n) is 9.12. The molecule has 0 aliphatic heterocycles. The summed E-state index contributed by atoms with van der Waals surface area (Å²) in [6.07, 6.45) is 3.80. The minimum atomic E-state index is -0.0603. The Morgan fingerprint density at radius 1 is 1.04 bits per heavy atom. The summed E-state index contributed by atoms with van der Waals surface area (Å²) >= 11 is 5.92. The molecule has 0 N–H and O–H groups in total. The fraction of sp³-hybridized carbons (Fsp3) is 0.364. The third-order valence-corrected chi connectivity index (χ3v) is 5.57. The second kappa shape index (κ2) is 8.05. The van der Waals surface area contributed by atoms with Gasteiger partial charge in [0.05, 0.1) is 6.04 Å². The van der Waals surface area contributed by atoms with E-state index in [0.29, 0.717) is 5.02 Å². The van der Waals surface area contributed by atoms with E-state index in [4.69, 9.17) is 11.6 Å². The van der Waals surface area contributed by atoms with Crippen LogP contribution in [0.1, 0.15) is 59.3 Å². The molecule has 0 spiro atoms. The summed E-state index contributed by atoms with van der Waals surface area (Å²) in [5.74, 6) is 0.0163. The fourth-order valence-electron chi connectivity index (χ4n) is 3.47. The summed E-state index contributed by atoms with van der Waals surface area (Å²) in [5, 5.41) is 0.676. The van der Waals surface area contributed by atoms with E-state index in [-0.39, 0.29) is 30.6 Å². The van der Waals surface area contributed by atoms with Crippen LogP contribution in [0.25, 0.3) is 0 Å². The molecule has 1 atom stereocenters. The van der Waals surface area contributed by atoms with Crippen LogP contribution in [0.2, 0.25) is 5.02 Å². The zero-order chi connectivity index (χ0) is 18.7. The summed E-state index contributed by atoms with van der Waals surface area (Å²) in [6, 6.07) is 13.4. The predicted molar refractivity (Wildman–Crippen MR) is 105 cm³/mol. The summed E-state index contributed by atoms with van der Waals surface area (Å²) in [5.41, 5.74) is 4.40. The third-order valence-electron chi connectivity index (χ3n) is 5.31. The molecule has 1 unspecified atom stereocenters. The molecule has 2 aromatic carbocycles. The minimum Gasteiger partial charge on any atom is -0.339 e. The maximum Gasteiger partial charge on any atom is 0.223 e. The van der Waals surface area contributed by atoms with Crippen molar-refractivity contribution >= 4 is 23.3 Å². The molecular weight excluding hydrogens is 346 g/mol. The van der Waals surface area contributed by atoms with Crippen molar-refractivity contribution in [2.24, 2.45) is 0 Å². The molecule has 136 valence electrons. The highest BCUT2D eigenvalue weighted by molar-refractivity contribution is 6.30. The lowest BCUT2D eigenvalue weighted by Gasteiger charge is -2.25. The van der Waals surface area contributed by atoms with Gasteiger partial charge in [-0.2, -0.15) is 0 Å². The Bertz CT molecular complexity index is 813. The summed E-state index contributed by atoms with van der Waals surface area (Å²) in [7, 11) is 1.78. The van der Waals surface area contributed by atoms with E-state index in [1.165, 1.54) is 17.5 Å². The van der Waals surface area contributed by atoms with Crippen molar-refractivity contribution in [2.75, 3.05) is 7.05 Å². The van der Waals surface area contributed by atoms with Crippen LogP contribution in [0.3, 0.4) is 0 Å². The van der Waals surface area contributed by atoms with Crippen LogP contribution in [-0.4, -0.2) is 23.6 Å². The normalized spacial score (nSPS) is 14.0. The van der Waals surface area contributed by atoms with Crippen LogP contribution >= 0.6 is 11.6 Å². The Labute approximate surface area is 160 Å². The molecule has 0 saturated carbocycles. The number of rotatable bonds is 6. The molecule has 0 saturated heterocycles. The molecule has 26 heavy (non-hydrogen) atoms. The van der Waals surface area contributed by atoms with Gasteiger partial charge in [0, 0.05) is 30.5 Å². The van der Waals surface area contributed by atoms with Crippen LogP contribution in [0.4, 0.5) is 0 Å². The van der Waals surface area contributed by atoms with Gasteiger partial charge >= 0.3 is 0 Å². The summed E-state index contributed by atoms with van der Waals surface area (Å²) in [6.45, 7) is 1.98. The topological polar surface area (TPSA) is 37.4 Å². The van der Waals surface area contributed by atoms with Crippen molar-refractivity contribution < 1.29 is 9.59 Å². The standard InChI is InChI=1S/C22H24ClNO2/c1-15(16-8-10-20(23)11-9-16)24(2)22(26)13-12-21(25)19-7-6-17-4-3-5-18(17)14-19/h6-11,14-15H,3-5,12-13H2,1-2H3. The summed E-state index contributed by atoms with van der Waals surface area (Å²) in [4.78, 5) is 26.7. The van der Waals surface area contributed by atoms with Gasteiger partial charge < -0.3 is 4.90 Å². The second-order valence-electron chi connectivity index (χ2n) is 6.99. The van der Waals surface area contributed by atoms with Crippen molar-refractivity contribution in [2.45, 2.75) is 45.1 Å². The first-order chi connectivity index (χ1) is 12.5. The van der Waals surface area contributed by atoms with E-state index in [0.717, 1.165) is 24.0 Å². The SMILES string of the molecule is CC(c1ccc(Cl)cc1)N(C)C(=O)CCC(=O)c1ccc2c(c1)CCC2. The van der Waals surface area contributed by atoms with Crippen LogP contribution in [-0.2, 0) is 17.6 Å². The van der Waals surface area contributed by atoms with E-state index >= 15 is 0 Å². The van der Waals surface area contributed by atoms with Gasteiger partial charge in [-0.1, -0.05) is 35.9 Å². The number of Topliss-reactive ketones (excluding diaryl/α,β-unsaturated/α-hetero) is 1. The Balaban J connectivity index is 1.57. The Morgan fingerprint density at radius 3 is 2.46 bits per heavy atom. The van der Waals surface area contributed by atoms with E-state index in [9.17, 15) is 9.59 Å². The number of benzene rings is 2. The molecule has 0 radical (unpaired) electrons. The maximum absolute atomic E-state index is 12.5. The summed E-state index contributed by atoms with van der Waals surface area (Å²) < 4.78 is 0. The number of nitrogens with zero attached hydrogens (tertiary/aromatic N) is 1. The van der Waals surface area contributed by atoms with Crippen molar-refractivity contribution in [3.05, 3.63) is 69.7 Å². The quantitative estimate of drug-likeness (QED) is 0.671. The molecule has 0 fully saturated rings. The van der Waals surface area contributed by atoms with Crippen LogP contribution in [0.15, 0.2) is 42.5 Å². The average molecular weight is 370 g/mol. The Morgan fingerprint density at radius 2 is 1.73 bits per heavy atom. The molecule has 4 heteroatoms. The zero-order valence-corrected chi connectivity index (χ0v) is 16.1. The number of fused-ring (bicyclic) bond motifs is 1. The first kappa shape index (κ1) is 18.7. The Kier molecular flexibility index (Phi) is 5.77. The van der Waals surface area contributed by atoms with Crippen molar-refractivity contribution in [1.82, 2.24) is 4.90 Å². The molecule has 3 nitrogen and oxygen atoms in total. The van der Waals surface area contributed by atoms with Crippen molar-refractivity contribution in [3.8, 4) is 0 Å². The van der Waals surface area contributed by atoms with E-state index < -0.39 is 0 Å². The molecule has 1 aliphatic carbocycles. The van der Waals surface area contributed by atoms with Crippen LogP contribution in [0, 0.1) is 0 Å². The largest absolute Gasteiger partial charge is 0.339 e. The van der Waals surface area contributed by atoms with E-state index in [1.807, 2.05) is 43.3 Å². The second-order valence-corrected chi connectivity index (χ2v) is 7.43. The molecule has 3 rings (SSSR count). The van der Waals surface area contributed by atoms with Gasteiger partial charge in [-0.3, -0.25) is 9.59 Å². The highest BCUT2D eigenvalue weighted by Gasteiger charge is 2.19. The number of carbonyl (C=O) groups is 2. The average Bonchev–Trinajstić information content (AvgIpc) is 3.13. The number of amides is 1. The zero-order valence-electron chi connectivity index (χ0n) is 15.3. The minimum absolute atomic E-state index is 0.0260. The molecular formula is C22H24ClNO2. The number of aryl methyl sites for hydroxylation is 2. The first-order valence-corrected chi connectivity index (χ1v) is 9.49. The molecule has 2 aromatic rings. The number of carbonyl (C=O) groups excluding carboxylic acids is 2. The van der Waals surface area contributed by atoms with E-state index in [1.54, 1.807) is 11.9 Å². The van der Waals surface area contributed by atoms with Gasteiger partial charge in [0.25, 0.3) is 0 Å². The van der Waals surface area contributed by atoms with Gasteiger partial charge in [-0.15, -0.1) is 0 Å². The molecule has 0 aromatic heterocycles. The number of halogens is 1. The fourth-order valence-corrected chi connectivity index (χ4v) is 3.59. The number of hydrogen-bond acceptors (Lipinski definition) is 2. The highest BCUT2D eigenvalue weighted by Crippen LogP contribution is 2.24. The lowest BCUT2D eigenvalue weighted by atomic mass is 10.0. The Hall–Kier alpha value is -2.13. The maximum atomic E-state index is 12.5. The lowest BCUT2D eigenvalue weighted by Crippen LogP contribution is -2.29. The third kappa shape index (κ3) is 4.16. The van der Waals surface area contributed by atoms with E-state index in [2.05, 4.69) is 6.07 Å². The number of ketones is 1. The molecule has 1 aliphatic rings. The van der Waals surface area contributed by atoms with Crippen LogP contribution < -0.4 is 0 Å². The van der Waals surface area contributed by atoms with Crippen molar-refractivity contribution in [1.29, 1.82) is 0 Å². The van der Waals surface area contributed by atoms with Crippen molar-refractivity contribution in [3.63, 3.8) is 0 Å². The van der Waals surface area contributed by atoms with Gasteiger partial charge in [0.2, 0.25) is 5.91 Å². The van der Waals surface area contributed by atoms with Gasteiger partial charge in [-0.25, -0.2) is 0 Å². The highest BCUT2D eigenvalue weighted by atomic mass is 35.5. The molecule has 0 heterocycles. The predicted octanol–water partition coefficient (Wildman–Crippen LogP) is 5.01. The monoisotopic (exact) mass is 369 g/mol.